The molecular formula is C12H17F2N3O. The maximum absolute atomic E-state index is 12.2. The smallest absolute Gasteiger partial charge is 0.387 e. The molecule has 0 aromatic heterocycles. The molecule has 0 saturated carbocycles. The van der Waals surface area contributed by atoms with E-state index in [0.29, 0.717) is 11.5 Å². The third kappa shape index (κ3) is 4.99. The number of hydrogen-bond donors (Lipinski definition) is 2. The van der Waals surface area contributed by atoms with Crippen molar-refractivity contribution < 1.29 is 13.5 Å². The van der Waals surface area contributed by atoms with Crippen LogP contribution >= 0.6 is 0 Å². The Bertz CT molecular complexity index is 397. The number of nitrogens with zero attached hydrogens (tertiary/aromatic N) is 1. The number of ether oxygens (including phenoxy) is 1. The standard InChI is InChI=1S/C12H17F2N3O/c1-2-7-16-12(15)17-8-9-5-3-4-6-10(9)18-11(13)14/h3-6,11H,2,7-8H2,1H3,(H3,15,16,17). The van der Waals surface area contributed by atoms with Crippen LogP contribution in [0.3, 0.4) is 0 Å². The highest BCUT2D eigenvalue weighted by Crippen LogP contribution is 2.20. The van der Waals surface area contributed by atoms with Gasteiger partial charge in [0.15, 0.2) is 5.96 Å². The van der Waals surface area contributed by atoms with E-state index >= 15 is 0 Å². The van der Waals surface area contributed by atoms with Crippen LogP contribution in [0.2, 0.25) is 0 Å². The van der Waals surface area contributed by atoms with Crippen LogP contribution in [0.4, 0.5) is 8.78 Å². The summed E-state index contributed by atoms with van der Waals surface area (Å²) in [6.07, 6.45) is 0.932. The lowest BCUT2D eigenvalue weighted by Gasteiger charge is -2.09. The quantitative estimate of drug-likeness (QED) is 0.606. The van der Waals surface area contributed by atoms with Crippen LogP contribution in [0.25, 0.3) is 0 Å². The number of alkyl halides is 2. The van der Waals surface area contributed by atoms with E-state index < -0.39 is 6.61 Å². The molecule has 6 heteroatoms. The van der Waals surface area contributed by atoms with E-state index in [9.17, 15) is 8.78 Å². The molecule has 1 aromatic rings. The minimum absolute atomic E-state index is 0.125. The van der Waals surface area contributed by atoms with Crippen LogP contribution in [0.5, 0.6) is 5.75 Å². The van der Waals surface area contributed by atoms with Gasteiger partial charge in [-0.05, 0) is 12.5 Å². The summed E-state index contributed by atoms with van der Waals surface area (Å²) >= 11 is 0. The number of para-hydroxylation sites is 1. The van der Waals surface area contributed by atoms with Gasteiger partial charge in [0, 0.05) is 12.1 Å². The Balaban J connectivity index is 2.66. The summed E-state index contributed by atoms with van der Waals surface area (Å²) < 4.78 is 28.7. The highest BCUT2D eigenvalue weighted by Gasteiger charge is 2.08. The molecule has 0 aliphatic carbocycles. The zero-order valence-corrected chi connectivity index (χ0v) is 10.2. The predicted molar refractivity (Wildman–Crippen MR) is 66.7 cm³/mol. The van der Waals surface area contributed by atoms with Gasteiger partial charge >= 0.3 is 6.61 Å². The minimum Gasteiger partial charge on any atom is -0.434 e. The Hall–Kier alpha value is -1.85. The number of benzene rings is 1. The lowest BCUT2D eigenvalue weighted by molar-refractivity contribution is -0.0504. The van der Waals surface area contributed by atoms with Gasteiger partial charge in [-0.15, -0.1) is 0 Å². The lowest BCUT2D eigenvalue weighted by atomic mass is 10.2. The molecule has 0 bridgehead atoms. The zero-order chi connectivity index (χ0) is 13.4. The van der Waals surface area contributed by atoms with Crippen LogP contribution in [0, 0.1) is 0 Å². The summed E-state index contributed by atoms with van der Waals surface area (Å²) in [6, 6.07) is 6.52. The van der Waals surface area contributed by atoms with Crippen LogP contribution < -0.4 is 15.8 Å². The normalized spacial score (nSPS) is 11.7. The highest BCUT2D eigenvalue weighted by atomic mass is 19.3. The van der Waals surface area contributed by atoms with Gasteiger partial charge in [-0.25, -0.2) is 4.99 Å². The van der Waals surface area contributed by atoms with Crippen molar-refractivity contribution in [2.75, 3.05) is 6.54 Å². The molecular weight excluding hydrogens is 240 g/mol. The molecule has 4 nitrogen and oxygen atoms in total. The molecule has 0 amide bonds. The van der Waals surface area contributed by atoms with Gasteiger partial charge < -0.3 is 15.8 Å². The Morgan fingerprint density at radius 3 is 2.83 bits per heavy atom. The van der Waals surface area contributed by atoms with E-state index in [-0.39, 0.29) is 12.3 Å². The van der Waals surface area contributed by atoms with Gasteiger partial charge in [-0.2, -0.15) is 8.78 Å². The summed E-state index contributed by atoms with van der Waals surface area (Å²) in [5.41, 5.74) is 6.18. The summed E-state index contributed by atoms with van der Waals surface area (Å²) in [5, 5.41) is 2.90. The van der Waals surface area contributed by atoms with Crippen molar-refractivity contribution in [2.24, 2.45) is 10.7 Å². The molecule has 0 radical (unpaired) electrons. The Morgan fingerprint density at radius 1 is 1.44 bits per heavy atom. The van der Waals surface area contributed by atoms with Crippen LogP contribution in [0.1, 0.15) is 18.9 Å². The molecule has 3 N–H and O–H groups in total. The van der Waals surface area contributed by atoms with E-state index in [0.717, 1.165) is 13.0 Å². The SMILES string of the molecule is CCCNC(N)=NCc1ccccc1OC(F)F. The van der Waals surface area contributed by atoms with E-state index in [4.69, 9.17) is 5.73 Å². The molecule has 0 aliphatic rings. The molecule has 0 unspecified atom stereocenters. The topological polar surface area (TPSA) is 59.6 Å². The maximum atomic E-state index is 12.2. The zero-order valence-electron chi connectivity index (χ0n) is 10.2. The number of nitrogens with two attached hydrogens (primary N) is 1. The lowest BCUT2D eigenvalue weighted by Crippen LogP contribution is -2.32. The first-order chi connectivity index (χ1) is 8.63. The van der Waals surface area contributed by atoms with Gasteiger partial charge in [0.2, 0.25) is 0 Å². The van der Waals surface area contributed by atoms with E-state index in [1.54, 1.807) is 18.2 Å². The second-order valence-electron chi connectivity index (χ2n) is 3.61. The van der Waals surface area contributed by atoms with Crippen molar-refractivity contribution in [2.45, 2.75) is 26.5 Å². The molecule has 0 fully saturated rings. The maximum Gasteiger partial charge on any atom is 0.387 e. The predicted octanol–water partition coefficient (Wildman–Crippen LogP) is 2.10. The Morgan fingerprint density at radius 2 is 2.17 bits per heavy atom. The number of hydrogen-bond acceptors (Lipinski definition) is 2. The van der Waals surface area contributed by atoms with Crippen molar-refractivity contribution >= 4 is 5.96 Å². The second-order valence-corrected chi connectivity index (χ2v) is 3.61. The third-order valence-electron chi connectivity index (χ3n) is 2.16. The van der Waals surface area contributed by atoms with Crippen molar-refractivity contribution in [1.29, 1.82) is 0 Å². The first-order valence-electron chi connectivity index (χ1n) is 5.70. The van der Waals surface area contributed by atoms with Crippen molar-refractivity contribution in [3.8, 4) is 5.75 Å². The summed E-state index contributed by atoms with van der Waals surface area (Å²) in [5.74, 6) is 0.420. The van der Waals surface area contributed by atoms with Crippen LogP contribution in [-0.2, 0) is 6.54 Å². The molecule has 0 spiro atoms. The number of guanidine groups is 1. The fourth-order valence-electron chi connectivity index (χ4n) is 1.32. The van der Waals surface area contributed by atoms with Gasteiger partial charge in [-0.1, -0.05) is 25.1 Å². The van der Waals surface area contributed by atoms with Crippen molar-refractivity contribution in [3.05, 3.63) is 29.8 Å². The Kier molecular flexibility index (Phi) is 5.90. The van der Waals surface area contributed by atoms with Gasteiger partial charge in [0.25, 0.3) is 0 Å². The molecule has 100 valence electrons. The largest absolute Gasteiger partial charge is 0.434 e. The first-order valence-corrected chi connectivity index (χ1v) is 5.70. The van der Waals surface area contributed by atoms with Gasteiger partial charge in [0.05, 0.1) is 6.54 Å². The third-order valence-corrected chi connectivity index (χ3v) is 2.16. The average molecular weight is 257 g/mol. The number of rotatable bonds is 6. The fraction of sp³-hybridized carbons (Fsp3) is 0.417. The number of aliphatic imine (C=N–C) groups is 1. The van der Waals surface area contributed by atoms with E-state index in [1.165, 1.54) is 6.07 Å². The first kappa shape index (κ1) is 14.2. The molecule has 0 saturated heterocycles. The summed E-state index contributed by atoms with van der Waals surface area (Å²) in [4.78, 5) is 4.06. The minimum atomic E-state index is -2.84. The monoisotopic (exact) mass is 257 g/mol. The van der Waals surface area contributed by atoms with Crippen molar-refractivity contribution in [3.63, 3.8) is 0 Å². The fourth-order valence-corrected chi connectivity index (χ4v) is 1.32. The summed E-state index contributed by atoms with van der Waals surface area (Å²) in [7, 11) is 0. The Labute approximate surface area is 105 Å². The second kappa shape index (κ2) is 7.47. The highest BCUT2D eigenvalue weighted by molar-refractivity contribution is 5.77. The van der Waals surface area contributed by atoms with E-state index in [1.807, 2.05) is 6.92 Å². The molecule has 1 rings (SSSR count). The average Bonchev–Trinajstić information content (AvgIpc) is 2.34. The molecule has 0 atom stereocenters. The summed E-state index contributed by atoms with van der Waals surface area (Å²) in [6.45, 7) is 0.0906. The van der Waals surface area contributed by atoms with E-state index in [2.05, 4.69) is 15.0 Å². The molecule has 0 heterocycles. The van der Waals surface area contributed by atoms with Crippen LogP contribution in [-0.4, -0.2) is 19.1 Å². The van der Waals surface area contributed by atoms with Gasteiger partial charge in [-0.3, -0.25) is 0 Å². The van der Waals surface area contributed by atoms with Crippen LogP contribution in [0.15, 0.2) is 29.3 Å². The number of halogens is 2. The molecule has 0 aliphatic heterocycles. The number of nitrogens with one attached hydrogen (secondary N) is 1. The molecule has 1 aromatic carbocycles. The van der Waals surface area contributed by atoms with Gasteiger partial charge in [0.1, 0.15) is 5.75 Å². The van der Waals surface area contributed by atoms with Crippen molar-refractivity contribution in [1.82, 2.24) is 5.32 Å². The molecule has 18 heavy (non-hydrogen) atoms.